The van der Waals surface area contributed by atoms with Crippen LogP contribution < -0.4 is 0 Å². The molecule has 10 heteroatoms. The smallest absolute Gasteiger partial charge is 0.420 e. The van der Waals surface area contributed by atoms with Crippen molar-refractivity contribution >= 4 is 5.97 Å². The lowest BCUT2D eigenvalue weighted by molar-refractivity contribution is -0.160. The summed E-state index contributed by atoms with van der Waals surface area (Å²) in [5.41, 5.74) is -5.67. The van der Waals surface area contributed by atoms with E-state index in [0.717, 1.165) is 0 Å². The number of carboxylic acid groups (broad SMARTS) is 1. The Labute approximate surface area is 139 Å². The number of hydrogen-bond acceptors (Lipinski definition) is 3. The maximum absolute atomic E-state index is 13.5. The van der Waals surface area contributed by atoms with Gasteiger partial charge in [-0.3, -0.25) is 4.68 Å². The highest BCUT2D eigenvalue weighted by Crippen LogP contribution is 2.54. The molecule has 5 nitrogen and oxygen atoms in total. The lowest BCUT2D eigenvalue weighted by atomic mass is 9.67. The third kappa shape index (κ3) is 2.85. The fourth-order valence-corrected chi connectivity index (χ4v) is 3.59. The Balaban J connectivity index is 2.10. The first-order valence-electron chi connectivity index (χ1n) is 7.53. The van der Waals surface area contributed by atoms with Gasteiger partial charge in [0.05, 0.1) is 11.8 Å². The van der Waals surface area contributed by atoms with Gasteiger partial charge in [-0.25, -0.2) is 13.6 Å². The van der Waals surface area contributed by atoms with Gasteiger partial charge in [0, 0.05) is 19.4 Å². The largest absolute Gasteiger partial charge is 0.477 e. The number of carbonyl (C=O) groups is 1. The van der Waals surface area contributed by atoms with Gasteiger partial charge in [0.25, 0.3) is 0 Å². The zero-order valence-electron chi connectivity index (χ0n) is 13.1. The highest BCUT2D eigenvalue weighted by atomic mass is 19.4. The van der Waals surface area contributed by atoms with E-state index in [2.05, 4.69) is 5.10 Å². The van der Waals surface area contributed by atoms with Gasteiger partial charge in [0.2, 0.25) is 5.92 Å². The lowest BCUT2D eigenvalue weighted by Gasteiger charge is -2.44. The average Bonchev–Trinajstić information content (AvgIpc) is 3.10. The summed E-state index contributed by atoms with van der Waals surface area (Å²) in [7, 11) is 0. The van der Waals surface area contributed by atoms with E-state index in [-0.39, 0.29) is 19.4 Å². The second kappa shape index (κ2) is 4.93. The Morgan fingerprint density at radius 2 is 1.92 bits per heavy atom. The molecule has 0 atom stereocenters. The molecule has 2 aliphatic carbocycles. The predicted octanol–water partition coefficient (Wildman–Crippen LogP) is 3.59. The molecule has 2 aliphatic rings. The van der Waals surface area contributed by atoms with Crippen LogP contribution in [0.3, 0.4) is 0 Å². The Kier molecular flexibility index (Phi) is 3.47. The normalized spacial score (nSPS) is 22.8. The zero-order valence-corrected chi connectivity index (χ0v) is 13.1. The summed E-state index contributed by atoms with van der Waals surface area (Å²) in [5.74, 6) is -4.76. The van der Waals surface area contributed by atoms with E-state index in [4.69, 9.17) is 0 Å². The predicted molar refractivity (Wildman–Crippen MR) is 73.0 cm³/mol. The number of aromatic nitrogens is 2. The van der Waals surface area contributed by atoms with Crippen molar-refractivity contribution in [1.82, 2.24) is 9.78 Å². The van der Waals surface area contributed by atoms with Crippen molar-refractivity contribution in [3.63, 3.8) is 0 Å². The molecule has 0 amide bonds. The van der Waals surface area contributed by atoms with Gasteiger partial charge in [0.15, 0.2) is 5.69 Å². The van der Waals surface area contributed by atoms with E-state index in [1.807, 2.05) is 0 Å². The molecule has 1 heterocycles. The van der Waals surface area contributed by atoms with Crippen LogP contribution in [-0.4, -0.2) is 26.8 Å². The third-order valence-corrected chi connectivity index (χ3v) is 4.76. The molecule has 3 rings (SSSR count). The van der Waals surface area contributed by atoms with Gasteiger partial charge in [-0.15, -0.1) is 0 Å². The van der Waals surface area contributed by atoms with Gasteiger partial charge in [-0.1, -0.05) is 6.92 Å². The maximum atomic E-state index is 13.5. The number of halogens is 5. The zero-order chi connectivity index (χ0) is 18.8. The molecular weight excluding hydrogens is 349 g/mol. The summed E-state index contributed by atoms with van der Waals surface area (Å²) in [6.07, 6.45) is -5.83. The van der Waals surface area contributed by atoms with E-state index in [1.54, 1.807) is 6.07 Å². The number of nitriles is 1. The van der Waals surface area contributed by atoms with Gasteiger partial charge in [-0.2, -0.15) is 23.5 Å². The van der Waals surface area contributed by atoms with Crippen LogP contribution in [0, 0.1) is 16.7 Å². The van der Waals surface area contributed by atoms with Crippen molar-refractivity contribution in [2.45, 2.75) is 56.7 Å². The Hall–Kier alpha value is -2.18. The minimum atomic E-state index is -5.02. The molecule has 0 bridgehead atoms. The average molecular weight is 363 g/mol. The molecule has 0 radical (unpaired) electrons. The fourth-order valence-electron chi connectivity index (χ4n) is 3.59. The third-order valence-electron chi connectivity index (χ3n) is 4.76. The minimum absolute atomic E-state index is 0.151. The SMILES string of the molecule is CC1(Cn2nc(C3(C#N)CC3)c(C(F)(F)F)c2C(=O)O)CC(F)(F)C1. The molecule has 2 saturated carbocycles. The number of rotatable bonds is 4. The second-order valence-corrected chi connectivity index (χ2v) is 7.25. The molecule has 0 saturated heterocycles. The van der Waals surface area contributed by atoms with Crippen LogP contribution in [0.4, 0.5) is 22.0 Å². The number of nitrogens with zero attached hydrogens (tertiary/aromatic N) is 3. The van der Waals surface area contributed by atoms with Crippen molar-refractivity contribution in [2.24, 2.45) is 5.41 Å². The summed E-state index contributed by atoms with van der Waals surface area (Å²) >= 11 is 0. The Morgan fingerprint density at radius 1 is 1.36 bits per heavy atom. The number of aromatic carboxylic acids is 1. The molecule has 136 valence electrons. The first-order chi connectivity index (χ1) is 11.3. The summed E-state index contributed by atoms with van der Waals surface area (Å²) in [6.45, 7) is 1.07. The minimum Gasteiger partial charge on any atom is -0.477 e. The van der Waals surface area contributed by atoms with Crippen LogP contribution in [0.15, 0.2) is 0 Å². The fraction of sp³-hybridized carbons (Fsp3) is 0.667. The number of hydrogen-bond donors (Lipinski definition) is 1. The molecule has 25 heavy (non-hydrogen) atoms. The molecule has 1 aromatic rings. The highest BCUT2D eigenvalue weighted by molar-refractivity contribution is 5.88. The van der Waals surface area contributed by atoms with Gasteiger partial charge < -0.3 is 5.11 Å². The summed E-state index contributed by atoms with van der Waals surface area (Å²) in [5, 5.41) is 22.2. The molecule has 1 aromatic heterocycles. The molecular formula is C15H14F5N3O2. The highest BCUT2D eigenvalue weighted by Gasteiger charge is 2.57. The van der Waals surface area contributed by atoms with Crippen molar-refractivity contribution in [3.8, 4) is 6.07 Å². The van der Waals surface area contributed by atoms with Crippen LogP contribution in [0.5, 0.6) is 0 Å². The van der Waals surface area contributed by atoms with Crippen LogP contribution in [0.25, 0.3) is 0 Å². The van der Waals surface area contributed by atoms with Crippen molar-refractivity contribution in [2.75, 3.05) is 0 Å². The van der Waals surface area contributed by atoms with E-state index < -0.39 is 58.7 Å². The standard InChI is InChI=1S/C15H14F5N3O2/c1-12(4-14(16,17)5-12)7-23-9(11(24)25)8(15(18,19)20)10(22-23)13(6-21)2-3-13/h2-5,7H2,1H3,(H,24,25). The van der Waals surface area contributed by atoms with Crippen LogP contribution >= 0.6 is 0 Å². The molecule has 0 spiro atoms. The van der Waals surface area contributed by atoms with Gasteiger partial charge in [0.1, 0.15) is 11.0 Å². The second-order valence-electron chi connectivity index (χ2n) is 7.25. The lowest BCUT2D eigenvalue weighted by Crippen LogP contribution is -2.47. The first-order valence-corrected chi connectivity index (χ1v) is 7.53. The quantitative estimate of drug-likeness (QED) is 0.829. The Bertz CT molecular complexity index is 778. The molecule has 0 unspecified atom stereocenters. The topological polar surface area (TPSA) is 78.9 Å². The molecule has 2 fully saturated rings. The summed E-state index contributed by atoms with van der Waals surface area (Å²) in [6, 6.07) is 1.78. The van der Waals surface area contributed by atoms with E-state index >= 15 is 0 Å². The monoisotopic (exact) mass is 363 g/mol. The molecule has 1 N–H and O–H groups in total. The van der Waals surface area contributed by atoms with Gasteiger partial charge >= 0.3 is 12.1 Å². The van der Waals surface area contributed by atoms with Crippen LogP contribution in [0.2, 0.25) is 0 Å². The van der Waals surface area contributed by atoms with Crippen LogP contribution in [-0.2, 0) is 18.1 Å². The van der Waals surface area contributed by atoms with E-state index in [1.165, 1.54) is 6.92 Å². The Morgan fingerprint density at radius 3 is 2.28 bits per heavy atom. The van der Waals surface area contributed by atoms with Crippen LogP contribution in [0.1, 0.15) is 54.4 Å². The summed E-state index contributed by atoms with van der Waals surface area (Å²) < 4.78 is 67.4. The number of carboxylic acids is 1. The maximum Gasteiger partial charge on any atom is 0.420 e. The van der Waals surface area contributed by atoms with Crippen molar-refractivity contribution in [3.05, 3.63) is 17.0 Å². The summed E-state index contributed by atoms with van der Waals surface area (Å²) in [4.78, 5) is 11.5. The van der Waals surface area contributed by atoms with E-state index in [0.29, 0.717) is 4.68 Å². The van der Waals surface area contributed by atoms with Crippen molar-refractivity contribution < 1.29 is 31.9 Å². The van der Waals surface area contributed by atoms with E-state index in [9.17, 15) is 37.1 Å². The molecule has 0 aromatic carbocycles. The first kappa shape index (κ1) is 17.6. The van der Waals surface area contributed by atoms with Gasteiger partial charge in [-0.05, 0) is 18.3 Å². The number of alkyl halides is 5. The molecule has 0 aliphatic heterocycles. The van der Waals surface area contributed by atoms with Crippen molar-refractivity contribution in [1.29, 1.82) is 5.26 Å².